The van der Waals surface area contributed by atoms with E-state index in [4.69, 9.17) is 21.1 Å². The number of carboxylic acids is 1. The first-order valence-electron chi connectivity index (χ1n) is 10.2. The molecule has 0 aliphatic heterocycles. The number of nitro benzene ring substituents is 1. The third kappa shape index (κ3) is 6.00. The average Bonchev–Trinajstić information content (AvgIpc) is 3.25. The van der Waals surface area contributed by atoms with Gasteiger partial charge >= 0.3 is 5.97 Å². The van der Waals surface area contributed by atoms with Gasteiger partial charge < -0.3 is 19.1 Å². The van der Waals surface area contributed by atoms with Crippen molar-refractivity contribution in [3.05, 3.63) is 74.7 Å². The lowest BCUT2D eigenvalue weighted by atomic mass is 10.1. The quantitative estimate of drug-likeness (QED) is 0.118. The van der Waals surface area contributed by atoms with E-state index in [0.29, 0.717) is 22.5 Å². The molecule has 3 rings (SSSR count). The summed E-state index contributed by atoms with van der Waals surface area (Å²) in [5.74, 6) is -0.475. The van der Waals surface area contributed by atoms with Crippen molar-refractivity contribution in [1.82, 2.24) is 14.8 Å². The van der Waals surface area contributed by atoms with Gasteiger partial charge in [0.1, 0.15) is 11.5 Å². The maximum Gasteiger partial charge on any atom is 0.342 e. The summed E-state index contributed by atoms with van der Waals surface area (Å²) in [6, 6.07) is 9.45. The van der Waals surface area contributed by atoms with Gasteiger partial charge in [0, 0.05) is 28.8 Å². The summed E-state index contributed by atoms with van der Waals surface area (Å²) in [4.78, 5) is 22.8. The molecule has 0 bridgehead atoms. The molecule has 0 saturated carbocycles. The van der Waals surface area contributed by atoms with Crippen LogP contribution < -0.4 is 9.47 Å². The minimum atomic E-state index is -1.26. The van der Waals surface area contributed by atoms with Gasteiger partial charge in [-0.2, -0.15) is 0 Å². The molecule has 1 aromatic heterocycles. The van der Waals surface area contributed by atoms with Crippen molar-refractivity contribution < 1.29 is 24.3 Å². The van der Waals surface area contributed by atoms with Crippen LogP contribution in [0.1, 0.15) is 12.5 Å². The Morgan fingerprint density at radius 3 is 2.60 bits per heavy atom. The van der Waals surface area contributed by atoms with Gasteiger partial charge in [0.25, 0.3) is 5.69 Å². The Kier molecular flexibility index (Phi) is 8.50. The smallest absolute Gasteiger partial charge is 0.342 e. The monoisotopic (exact) mass is 516 g/mol. The first-order chi connectivity index (χ1) is 16.8. The largest absolute Gasteiger partial charge is 0.493 e. The average molecular weight is 517 g/mol. The number of nitro groups is 1. The maximum atomic E-state index is 12.1. The SMILES string of the molecule is C=CCOc1c(/C=C(/Sc2nnc(-c3ccc(Cl)cc3)n2CC)C(=O)O)cc([N+](=O)[O-])cc1OC. The van der Waals surface area contributed by atoms with Gasteiger partial charge in [-0.15, -0.1) is 10.2 Å². The van der Waals surface area contributed by atoms with Crippen LogP contribution in [0.3, 0.4) is 0 Å². The fourth-order valence-corrected chi connectivity index (χ4v) is 4.11. The summed E-state index contributed by atoms with van der Waals surface area (Å²) >= 11 is 6.83. The van der Waals surface area contributed by atoms with Crippen molar-refractivity contribution in [2.24, 2.45) is 0 Å². The van der Waals surface area contributed by atoms with Crippen LogP contribution in [0.15, 0.2) is 59.1 Å². The molecule has 0 unspecified atom stereocenters. The molecule has 3 aromatic rings. The van der Waals surface area contributed by atoms with Crippen molar-refractivity contribution in [3.8, 4) is 22.9 Å². The van der Waals surface area contributed by atoms with Gasteiger partial charge in [-0.05, 0) is 49.0 Å². The molecule has 1 heterocycles. The van der Waals surface area contributed by atoms with E-state index in [0.717, 1.165) is 17.3 Å². The zero-order valence-electron chi connectivity index (χ0n) is 18.8. The second kappa shape index (κ2) is 11.5. The van der Waals surface area contributed by atoms with Gasteiger partial charge in [0.15, 0.2) is 22.5 Å². The molecule has 0 amide bonds. The molecule has 10 nitrogen and oxygen atoms in total. The number of halogens is 1. The highest BCUT2D eigenvalue weighted by atomic mass is 35.5. The van der Waals surface area contributed by atoms with Crippen molar-refractivity contribution in [2.75, 3.05) is 13.7 Å². The Bertz CT molecular complexity index is 1290. The molecule has 2 aromatic carbocycles. The Labute approximate surface area is 210 Å². The number of aliphatic carboxylic acids is 1. The summed E-state index contributed by atoms with van der Waals surface area (Å²) in [7, 11) is 1.34. The fourth-order valence-electron chi connectivity index (χ4n) is 3.11. The van der Waals surface area contributed by atoms with E-state index in [1.54, 1.807) is 28.8 Å². The number of hydrogen-bond donors (Lipinski definition) is 1. The number of thioether (sulfide) groups is 1. The summed E-state index contributed by atoms with van der Waals surface area (Å²) in [6.45, 7) is 6.02. The molecule has 0 atom stereocenters. The number of aromatic nitrogens is 3. The number of methoxy groups -OCH3 is 1. The van der Waals surface area contributed by atoms with Crippen LogP contribution >= 0.6 is 23.4 Å². The molecule has 12 heteroatoms. The van der Waals surface area contributed by atoms with Crippen LogP contribution in [0.5, 0.6) is 11.5 Å². The van der Waals surface area contributed by atoms with E-state index in [9.17, 15) is 20.0 Å². The molecule has 0 saturated heterocycles. The number of carboxylic acid groups (broad SMARTS) is 1. The van der Waals surface area contributed by atoms with Crippen molar-refractivity contribution in [2.45, 2.75) is 18.6 Å². The maximum absolute atomic E-state index is 12.1. The first-order valence-corrected chi connectivity index (χ1v) is 11.4. The summed E-state index contributed by atoms with van der Waals surface area (Å²) in [5, 5.41) is 30.6. The minimum absolute atomic E-state index is 0.0825. The molecule has 182 valence electrons. The number of ether oxygens (including phenoxy) is 2. The van der Waals surface area contributed by atoms with E-state index in [1.165, 1.54) is 31.4 Å². The third-order valence-electron chi connectivity index (χ3n) is 4.68. The van der Waals surface area contributed by atoms with Crippen LogP contribution in [0, 0.1) is 10.1 Å². The van der Waals surface area contributed by atoms with Crippen LogP contribution in [0.4, 0.5) is 5.69 Å². The van der Waals surface area contributed by atoms with E-state index in [1.807, 2.05) is 6.92 Å². The minimum Gasteiger partial charge on any atom is -0.493 e. The van der Waals surface area contributed by atoms with Crippen molar-refractivity contribution in [1.29, 1.82) is 0 Å². The number of benzene rings is 2. The first kappa shape index (κ1) is 25.8. The molecule has 0 aliphatic rings. The molecular weight excluding hydrogens is 496 g/mol. The van der Waals surface area contributed by atoms with Crippen LogP contribution in [0.25, 0.3) is 17.5 Å². The molecule has 0 fully saturated rings. The number of nitrogens with zero attached hydrogens (tertiary/aromatic N) is 4. The number of hydrogen-bond acceptors (Lipinski definition) is 8. The van der Waals surface area contributed by atoms with E-state index < -0.39 is 10.9 Å². The summed E-state index contributed by atoms with van der Waals surface area (Å²) in [6.07, 6.45) is 2.76. The Balaban J connectivity index is 2.09. The third-order valence-corrected chi connectivity index (χ3v) is 5.93. The molecule has 0 aliphatic carbocycles. The predicted octanol–water partition coefficient (Wildman–Crippen LogP) is 5.32. The standard InChI is InChI=1S/C23H21ClN4O6S/c1-4-10-34-20-15(11-17(28(31)32)13-18(20)33-3)12-19(22(29)30)35-23-26-25-21(27(23)5-2)14-6-8-16(24)9-7-14/h4,6-9,11-13H,1,5,10H2,2-3H3,(H,29,30)/b19-12+. The molecule has 0 spiro atoms. The topological polar surface area (TPSA) is 130 Å². The lowest BCUT2D eigenvalue weighted by molar-refractivity contribution is -0.385. The summed E-state index contributed by atoms with van der Waals surface area (Å²) in [5.41, 5.74) is 0.638. The fraction of sp³-hybridized carbons (Fsp3) is 0.174. The molecule has 0 radical (unpaired) electrons. The molecular formula is C23H21ClN4O6S. The van der Waals surface area contributed by atoms with Crippen LogP contribution in [-0.4, -0.2) is 44.5 Å². The van der Waals surface area contributed by atoms with Gasteiger partial charge in [-0.25, -0.2) is 4.79 Å². The molecule has 1 N–H and O–H groups in total. The summed E-state index contributed by atoms with van der Waals surface area (Å²) < 4.78 is 12.6. The Morgan fingerprint density at radius 1 is 1.31 bits per heavy atom. The zero-order chi connectivity index (χ0) is 25.5. The highest BCUT2D eigenvalue weighted by Crippen LogP contribution is 2.39. The second-order valence-electron chi connectivity index (χ2n) is 6.90. The van der Waals surface area contributed by atoms with Gasteiger partial charge in [0.2, 0.25) is 0 Å². The molecule has 35 heavy (non-hydrogen) atoms. The second-order valence-corrected chi connectivity index (χ2v) is 8.34. The predicted molar refractivity (Wildman–Crippen MR) is 133 cm³/mol. The Hall–Kier alpha value is -3.83. The van der Waals surface area contributed by atoms with Gasteiger partial charge in [0.05, 0.1) is 18.1 Å². The normalized spacial score (nSPS) is 11.2. The van der Waals surface area contributed by atoms with E-state index in [2.05, 4.69) is 16.8 Å². The van der Waals surface area contributed by atoms with Crippen LogP contribution in [-0.2, 0) is 11.3 Å². The van der Waals surface area contributed by atoms with Crippen molar-refractivity contribution in [3.63, 3.8) is 0 Å². The lowest BCUT2D eigenvalue weighted by Gasteiger charge is -2.13. The highest BCUT2D eigenvalue weighted by molar-refractivity contribution is 8.04. The number of non-ortho nitro benzene ring substituents is 1. The van der Waals surface area contributed by atoms with Crippen LogP contribution in [0.2, 0.25) is 5.02 Å². The van der Waals surface area contributed by atoms with Crippen molar-refractivity contribution >= 4 is 41.1 Å². The highest BCUT2D eigenvalue weighted by Gasteiger charge is 2.22. The number of rotatable bonds is 11. The number of carbonyl (C=O) groups is 1. The van der Waals surface area contributed by atoms with E-state index in [-0.39, 0.29) is 34.3 Å². The zero-order valence-corrected chi connectivity index (χ0v) is 20.4. The van der Waals surface area contributed by atoms with Gasteiger partial charge in [-0.1, -0.05) is 24.3 Å². The Morgan fingerprint density at radius 2 is 2.03 bits per heavy atom. The van der Waals surface area contributed by atoms with Gasteiger partial charge in [-0.3, -0.25) is 10.1 Å². The lowest BCUT2D eigenvalue weighted by Crippen LogP contribution is -2.04. The van der Waals surface area contributed by atoms with E-state index >= 15 is 0 Å².